The second kappa shape index (κ2) is 14.9. The molecule has 45 heavy (non-hydrogen) atoms. The molecule has 1 aliphatic rings. The molecule has 0 bridgehead atoms. The number of esters is 1. The fourth-order valence-corrected chi connectivity index (χ4v) is 5.51. The maximum Gasteiger partial charge on any atom is 0.320 e. The smallest absolute Gasteiger partial charge is 0.320 e. The van der Waals surface area contributed by atoms with Gasteiger partial charge in [-0.3, -0.25) is 14.4 Å². The van der Waals surface area contributed by atoms with Gasteiger partial charge < -0.3 is 31.2 Å². The number of carbonyl (C=O) groups is 3. The molecule has 0 saturated carbocycles. The minimum atomic E-state index is -1.39. The molecule has 4 aromatic carbocycles. The van der Waals surface area contributed by atoms with E-state index in [-0.39, 0.29) is 41.5 Å². The van der Waals surface area contributed by atoms with Crippen molar-refractivity contribution in [3.63, 3.8) is 0 Å². The van der Waals surface area contributed by atoms with Crippen molar-refractivity contribution in [2.45, 2.75) is 19.1 Å². The first kappa shape index (κ1) is 31.8. The third kappa shape index (κ3) is 8.33. The van der Waals surface area contributed by atoms with Gasteiger partial charge in [0.15, 0.2) is 5.92 Å². The van der Waals surface area contributed by atoms with Crippen LogP contribution in [-0.2, 0) is 25.7 Å². The number of nitrogen functional groups attached to an aromatic ring is 1. The summed E-state index contributed by atoms with van der Waals surface area (Å²) in [6, 6.07) is 27.1. The van der Waals surface area contributed by atoms with E-state index in [1.54, 1.807) is 36.4 Å². The van der Waals surface area contributed by atoms with E-state index in [1.165, 1.54) is 0 Å². The van der Waals surface area contributed by atoms with Crippen molar-refractivity contribution in [2.24, 2.45) is 5.92 Å². The van der Waals surface area contributed by atoms with Gasteiger partial charge in [0.1, 0.15) is 12.4 Å². The third-order valence-electron chi connectivity index (χ3n) is 7.31. The minimum Gasteiger partial charge on any atom is -0.493 e. The number of hydrogen-bond donors (Lipinski definition) is 4. The van der Waals surface area contributed by atoms with Crippen LogP contribution in [-0.4, -0.2) is 37.5 Å². The second-order valence-corrected chi connectivity index (χ2v) is 11.3. The van der Waals surface area contributed by atoms with Gasteiger partial charge in [0.05, 0.1) is 28.9 Å². The Labute approximate surface area is 271 Å². The van der Waals surface area contributed by atoms with E-state index in [2.05, 4.69) is 16.0 Å². The van der Waals surface area contributed by atoms with E-state index in [4.69, 9.17) is 38.4 Å². The van der Waals surface area contributed by atoms with Crippen molar-refractivity contribution in [2.75, 3.05) is 30.7 Å². The molecule has 2 atom stereocenters. The van der Waals surface area contributed by atoms with Gasteiger partial charge in [0.2, 0.25) is 11.8 Å². The summed E-state index contributed by atoms with van der Waals surface area (Å²) in [6.45, 7) is 0.0706. The van der Waals surface area contributed by atoms with Crippen LogP contribution in [0, 0.1) is 5.92 Å². The van der Waals surface area contributed by atoms with Gasteiger partial charge >= 0.3 is 5.97 Å². The van der Waals surface area contributed by atoms with Crippen molar-refractivity contribution >= 4 is 52.4 Å². The molecule has 0 aliphatic carbocycles. The van der Waals surface area contributed by atoms with E-state index in [0.717, 1.165) is 22.3 Å². The predicted molar refractivity (Wildman–Crippen MR) is 175 cm³/mol. The average Bonchev–Trinajstić information content (AvgIpc) is 3.05. The first-order valence-electron chi connectivity index (χ1n) is 14.4. The standard InChI is InChI=1S/C34H32Cl2N4O5/c35-27-15-23(22-9-5-2-6-10-22)16-28(36)32(27)40-33(42)26(34(43)45-20-21-7-3-1-4-8-21)18-39-31(41)19-38-29-13-14-44-30-12-11-24(37)17-25(29)30/h1-12,15-17,26,29,38H,13-14,18-20,37H2,(H,39,41)(H,40,42)/t26-,29+/m0/s1. The van der Waals surface area contributed by atoms with Crippen LogP contribution < -0.4 is 26.4 Å². The molecule has 5 rings (SSSR count). The van der Waals surface area contributed by atoms with Crippen LogP contribution in [0.2, 0.25) is 10.0 Å². The zero-order chi connectivity index (χ0) is 31.8. The van der Waals surface area contributed by atoms with Crippen molar-refractivity contribution in [1.29, 1.82) is 0 Å². The first-order chi connectivity index (χ1) is 21.8. The molecule has 1 aliphatic heterocycles. The topological polar surface area (TPSA) is 132 Å². The minimum absolute atomic E-state index is 0.0431. The van der Waals surface area contributed by atoms with E-state index in [0.29, 0.717) is 24.5 Å². The zero-order valence-corrected chi connectivity index (χ0v) is 25.7. The van der Waals surface area contributed by atoms with Gasteiger partial charge in [-0.1, -0.05) is 83.9 Å². The molecule has 0 fully saturated rings. The van der Waals surface area contributed by atoms with Crippen molar-refractivity contribution < 1.29 is 23.9 Å². The summed E-state index contributed by atoms with van der Waals surface area (Å²) in [6.07, 6.45) is 0.644. The number of ether oxygens (including phenoxy) is 2. The zero-order valence-electron chi connectivity index (χ0n) is 24.2. The number of hydrogen-bond acceptors (Lipinski definition) is 7. The highest BCUT2D eigenvalue weighted by Gasteiger charge is 2.30. The molecule has 0 unspecified atom stereocenters. The molecule has 11 heteroatoms. The lowest BCUT2D eigenvalue weighted by Crippen LogP contribution is -2.44. The summed E-state index contributed by atoms with van der Waals surface area (Å²) in [5.74, 6) is -2.63. The van der Waals surface area contributed by atoms with Gasteiger partial charge in [-0.15, -0.1) is 0 Å². The van der Waals surface area contributed by atoms with Gasteiger partial charge in [0.25, 0.3) is 0 Å². The summed E-state index contributed by atoms with van der Waals surface area (Å²) < 4.78 is 11.2. The molecule has 0 saturated heterocycles. The Morgan fingerprint density at radius 2 is 1.60 bits per heavy atom. The highest BCUT2D eigenvalue weighted by Crippen LogP contribution is 2.36. The number of nitrogens with two attached hydrogens (primary N) is 1. The molecule has 0 radical (unpaired) electrons. The van der Waals surface area contributed by atoms with Gasteiger partial charge in [-0.05, 0) is 47.0 Å². The summed E-state index contributed by atoms with van der Waals surface area (Å²) in [7, 11) is 0. The summed E-state index contributed by atoms with van der Waals surface area (Å²) >= 11 is 13.1. The van der Waals surface area contributed by atoms with Gasteiger partial charge in [-0.25, -0.2) is 0 Å². The molecular formula is C34H32Cl2N4O5. The van der Waals surface area contributed by atoms with Crippen LogP contribution >= 0.6 is 23.2 Å². The summed E-state index contributed by atoms with van der Waals surface area (Å²) in [5, 5.41) is 8.93. The molecule has 1 heterocycles. The number of amides is 2. The van der Waals surface area contributed by atoms with Crippen molar-refractivity contribution in [3.8, 4) is 16.9 Å². The van der Waals surface area contributed by atoms with Gasteiger partial charge in [-0.2, -0.15) is 0 Å². The first-order valence-corrected chi connectivity index (χ1v) is 15.1. The number of benzene rings is 4. The number of rotatable bonds is 11. The maximum atomic E-state index is 13.5. The number of carbonyl (C=O) groups excluding carboxylic acids is 3. The van der Waals surface area contributed by atoms with E-state index >= 15 is 0 Å². The van der Waals surface area contributed by atoms with Crippen molar-refractivity contribution in [3.05, 3.63) is 112 Å². The Kier molecular flexibility index (Phi) is 10.6. The van der Waals surface area contributed by atoms with Crippen LogP contribution in [0.4, 0.5) is 11.4 Å². The Balaban J connectivity index is 1.26. The maximum absolute atomic E-state index is 13.5. The molecule has 5 N–H and O–H groups in total. The number of fused-ring (bicyclic) bond motifs is 1. The lowest BCUT2D eigenvalue weighted by Gasteiger charge is -2.27. The van der Waals surface area contributed by atoms with Crippen molar-refractivity contribution in [1.82, 2.24) is 10.6 Å². The Morgan fingerprint density at radius 3 is 2.31 bits per heavy atom. The molecule has 9 nitrogen and oxygen atoms in total. The highest BCUT2D eigenvalue weighted by molar-refractivity contribution is 6.40. The van der Waals surface area contributed by atoms with E-state index < -0.39 is 23.7 Å². The molecule has 0 spiro atoms. The predicted octanol–water partition coefficient (Wildman–Crippen LogP) is 5.77. The quantitative estimate of drug-likeness (QED) is 0.0924. The SMILES string of the molecule is Nc1ccc2c(c1)[C@H](NCC(=O)NC[C@@H](C(=O)Nc1c(Cl)cc(-c3ccccc3)cc1Cl)C(=O)OCc1ccccc1)CCO2. The van der Waals surface area contributed by atoms with Crippen LogP contribution in [0.3, 0.4) is 0 Å². The average molecular weight is 648 g/mol. The van der Waals surface area contributed by atoms with Crippen LogP contribution in [0.1, 0.15) is 23.6 Å². The molecule has 232 valence electrons. The monoisotopic (exact) mass is 646 g/mol. The fourth-order valence-electron chi connectivity index (χ4n) is 4.93. The lowest BCUT2D eigenvalue weighted by molar-refractivity contribution is -0.152. The second-order valence-electron chi connectivity index (χ2n) is 10.5. The van der Waals surface area contributed by atoms with Gasteiger partial charge in [0, 0.05) is 30.3 Å². The number of nitrogens with one attached hydrogen (secondary N) is 3. The number of halogens is 2. The molecule has 4 aromatic rings. The Morgan fingerprint density at radius 1 is 0.911 bits per heavy atom. The molecule has 2 amide bonds. The van der Waals surface area contributed by atoms with E-state index in [1.807, 2.05) is 54.6 Å². The fraction of sp³-hybridized carbons (Fsp3) is 0.206. The summed E-state index contributed by atoms with van der Waals surface area (Å²) in [5.41, 5.74) is 9.95. The number of anilines is 2. The van der Waals surface area contributed by atoms with Crippen LogP contribution in [0.15, 0.2) is 91.0 Å². The molecule has 0 aromatic heterocycles. The highest BCUT2D eigenvalue weighted by atomic mass is 35.5. The van der Waals surface area contributed by atoms with Crippen LogP contribution in [0.25, 0.3) is 11.1 Å². The van der Waals surface area contributed by atoms with E-state index in [9.17, 15) is 14.4 Å². The van der Waals surface area contributed by atoms with Crippen LogP contribution in [0.5, 0.6) is 5.75 Å². The Bertz CT molecular complexity index is 1650. The molecular weight excluding hydrogens is 615 g/mol. The Hall–Kier alpha value is -4.57. The normalized spacial score (nSPS) is 14.4. The third-order valence-corrected chi connectivity index (χ3v) is 7.90. The summed E-state index contributed by atoms with van der Waals surface area (Å²) in [4.78, 5) is 39.6. The largest absolute Gasteiger partial charge is 0.493 e. The lowest BCUT2D eigenvalue weighted by atomic mass is 10.00.